The van der Waals surface area contributed by atoms with Gasteiger partial charge in [0.15, 0.2) is 0 Å². The van der Waals surface area contributed by atoms with Gasteiger partial charge in [0.25, 0.3) is 0 Å². The first kappa shape index (κ1) is 21.6. The van der Waals surface area contributed by atoms with E-state index in [-0.39, 0.29) is 12.6 Å². The van der Waals surface area contributed by atoms with Crippen LogP contribution in [0.5, 0.6) is 0 Å². The minimum Gasteiger partial charge on any atom is -0.394 e. The lowest BCUT2D eigenvalue weighted by Gasteiger charge is -2.41. The molecule has 0 bridgehead atoms. The topological polar surface area (TPSA) is 109 Å². The summed E-state index contributed by atoms with van der Waals surface area (Å²) >= 11 is 0. The number of hydrogen-bond acceptors (Lipinski definition) is 9. The lowest BCUT2D eigenvalue weighted by atomic mass is 10.2. The second kappa shape index (κ2) is 9.71. The molecule has 5 heterocycles. The van der Waals surface area contributed by atoms with Crippen molar-refractivity contribution in [2.24, 2.45) is 0 Å². The smallest absolute Gasteiger partial charge is 0.225 e. The fourth-order valence-electron chi connectivity index (χ4n) is 3.78. The van der Waals surface area contributed by atoms with E-state index in [1.807, 2.05) is 44.8 Å². The maximum Gasteiger partial charge on any atom is 0.225 e. The highest BCUT2D eigenvalue weighted by atomic mass is 19.1. The highest BCUT2D eigenvalue weighted by Crippen LogP contribution is 2.21. The van der Waals surface area contributed by atoms with Crippen molar-refractivity contribution >= 4 is 23.9 Å². The Morgan fingerprint density at radius 3 is 2.50 bits per heavy atom. The van der Waals surface area contributed by atoms with Crippen LogP contribution in [0.3, 0.4) is 0 Å². The van der Waals surface area contributed by atoms with Gasteiger partial charge in [0.1, 0.15) is 24.3 Å². The van der Waals surface area contributed by atoms with Crippen molar-refractivity contribution in [3.63, 3.8) is 0 Å². The van der Waals surface area contributed by atoms with Gasteiger partial charge in [-0.3, -0.25) is 4.57 Å². The molecular formula is C23H22FN9O. The van der Waals surface area contributed by atoms with Gasteiger partial charge in [-0.2, -0.15) is 4.39 Å². The maximum atomic E-state index is 13.5. The number of aromatic nitrogens is 7. The summed E-state index contributed by atoms with van der Waals surface area (Å²) in [6.07, 6.45) is 15.6. The molecule has 0 amide bonds. The number of nitrogens with zero attached hydrogens (tertiary/aromatic N) is 9. The van der Waals surface area contributed by atoms with Crippen molar-refractivity contribution in [1.29, 1.82) is 0 Å². The molecule has 4 aromatic rings. The zero-order valence-corrected chi connectivity index (χ0v) is 18.2. The van der Waals surface area contributed by atoms with Crippen molar-refractivity contribution in [2.75, 3.05) is 36.0 Å². The van der Waals surface area contributed by atoms with E-state index in [1.165, 1.54) is 12.4 Å². The average Bonchev–Trinajstić information content (AvgIpc) is 3.43. The zero-order valence-electron chi connectivity index (χ0n) is 18.2. The minimum absolute atomic E-state index is 0.0862. The molecule has 172 valence electrons. The van der Waals surface area contributed by atoms with Crippen LogP contribution < -0.4 is 9.80 Å². The molecule has 1 N–H and O–H groups in total. The first-order valence-electron chi connectivity index (χ1n) is 10.7. The molecule has 0 unspecified atom stereocenters. The predicted molar refractivity (Wildman–Crippen MR) is 125 cm³/mol. The average molecular weight is 459 g/mol. The van der Waals surface area contributed by atoms with E-state index in [2.05, 4.69) is 29.9 Å². The largest absolute Gasteiger partial charge is 0.394 e. The Labute approximate surface area is 195 Å². The normalized spacial score (nSPS) is 16.4. The van der Waals surface area contributed by atoms with Gasteiger partial charge in [0, 0.05) is 62.2 Å². The minimum atomic E-state index is -0.579. The molecule has 1 saturated heterocycles. The van der Waals surface area contributed by atoms with Crippen LogP contribution in [0.25, 0.3) is 18.0 Å². The van der Waals surface area contributed by atoms with E-state index in [9.17, 15) is 9.50 Å². The molecule has 4 aromatic heterocycles. The van der Waals surface area contributed by atoms with Crippen LogP contribution in [0.15, 0.2) is 61.8 Å². The van der Waals surface area contributed by atoms with E-state index in [4.69, 9.17) is 0 Å². The number of piperazine rings is 1. The van der Waals surface area contributed by atoms with Gasteiger partial charge in [-0.05, 0) is 17.7 Å². The molecule has 0 radical (unpaired) electrons. The molecule has 0 spiro atoms. The van der Waals surface area contributed by atoms with Gasteiger partial charge in [0.05, 0.1) is 12.6 Å². The Bertz CT molecular complexity index is 1250. The molecule has 11 heteroatoms. The number of anilines is 2. The molecule has 34 heavy (non-hydrogen) atoms. The van der Waals surface area contributed by atoms with Gasteiger partial charge < -0.3 is 14.9 Å². The SMILES string of the molecule is OC[C@H]1CN(c2cc(F)ncn2)CCN1c1ncc(/C=C/c2ccc(-n3ccnc3)nc2)cn1. The number of halogens is 1. The van der Waals surface area contributed by atoms with E-state index < -0.39 is 5.95 Å². The second-order valence-electron chi connectivity index (χ2n) is 7.74. The van der Waals surface area contributed by atoms with Crippen LogP contribution in [-0.4, -0.2) is 71.9 Å². The molecule has 1 aliphatic heterocycles. The van der Waals surface area contributed by atoms with Crippen molar-refractivity contribution in [3.05, 3.63) is 78.9 Å². The van der Waals surface area contributed by atoms with Crippen LogP contribution in [0.4, 0.5) is 16.2 Å². The van der Waals surface area contributed by atoms with Crippen LogP contribution in [-0.2, 0) is 0 Å². The third-order valence-corrected chi connectivity index (χ3v) is 5.56. The number of hydrogen-bond donors (Lipinski definition) is 1. The fourth-order valence-corrected chi connectivity index (χ4v) is 3.78. The Hall–Kier alpha value is -4.25. The summed E-state index contributed by atoms with van der Waals surface area (Å²) in [7, 11) is 0. The summed E-state index contributed by atoms with van der Waals surface area (Å²) in [6, 6.07) is 4.95. The molecule has 1 atom stereocenters. The third kappa shape index (κ3) is 4.74. The van der Waals surface area contributed by atoms with Gasteiger partial charge in [-0.1, -0.05) is 12.2 Å². The summed E-state index contributed by atoms with van der Waals surface area (Å²) in [5.41, 5.74) is 1.80. The highest BCUT2D eigenvalue weighted by molar-refractivity contribution is 5.68. The van der Waals surface area contributed by atoms with Crippen molar-refractivity contribution < 1.29 is 9.50 Å². The molecule has 1 fully saturated rings. The zero-order chi connectivity index (χ0) is 23.3. The monoisotopic (exact) mass is 459 g/mol. The van der Waals surface area contributed by atoms with Crippen molar-refractivity contribution in [3.8, 4) is 5.82 Å². The van der Waals surface area contributed by atoms with Crippen LogP contribution >= 0.6 is 0 Å². The standard InChI is InChI=1S/C23H22FN9O/c24-20-9-22(30-15-29-20)31-7-8-33(19(13-31)14-34)23-27-11-18(12-28-23)2-1-17-3-4-21(26-10-17)32-6-5-25-16-32/h1-6,9-12,15-16,19,34H,7-8,13-14H2/b2-1+/t19-/m1/s1. The number of imidazole rings is 1. The molecule has 10 nitrogen and oxygen atoms in total. The summed E-state index contributed by atoms with van der Waals surface area (Å²) in [4.78, 5) is 29.0. The maximum absolute atomic E-state index is 13.5. The van der Waals surface area contributed by atoms with E-state index in [0.717, 1.165) is 16.9 Å². The molecule has 1 aliphatic rings. The Morgan fingerprint density at radius 1 is 0.971 bits per heavy atom. The van der Waals surface area contributed by atoms with Gasteiger partial charge in [0.2, 0.25) is 11.9 Å². The lowest BCUT2D eigenvalue weighted by Crippen LogP contribution is -2.55. The number of aliphatic hydroxyl groups is 1. The Kier molecular flexibility index (Phi) is 6.17. The fraction of sp³-hybridized carbons (Fsp3) is 0.217. The predicted octanol–water partition coefficient (Wildman–Crippen LogP) is 1.84. The summed E-state index contributed by atoms with van der Waals surface area (Å²) in [5, 5.41) is 9.93. The molecule has 0 aliphatic carbocycles. The second-order valence-corrected chi connectivity index (χ2v) is 7.74. The van der Waals surface area contributed by atoms with E-state index in [1.54, 1.807) is 31.1 Å². The van der Waals surface area contributed by atoms with Crippen molar-refractivity contribution in [1.82, 2.24) is 34.5 Å². The van der Waals surface area contributed by atoms with Crippen LogP contribution in [0, 0.1) is 5.95 Å². The Balaban J connectivity index is 1.24. The molecular weight excluding hydrogens is 437 g/mol. The summed E-state index contributed by atoms with van der Waals surface area (Å²) in [5.74, 6) is 1.26. The van der Waals surface area contributed by atoms with Crippen LogP contribution in [0.2, 0.25) is 0 Å². The number of rotatable bonds is 6. The Morgan fingerprint density at radius 2 is 1.79 bits per heavy atom. The highest BCUT2D eigenvalue weighted by Gasteiger charge is 2.29. The van der Waals surface area contributed by atoms with E-state index >= 15 is 0 Å². The third-order valence-electron chi connectivity index (χ3n) is 5.56. The van der Waals surface area contributed by atoms with Gasteiger partial charge in [-0.15, -0.1) is 0 Å². The van der Waals surface area contributed by atoms with Gasteiger partial charge >= 0.3 is 0 Å². The molecule has 5 rings (SSSR count). The molecule has 0 saturated carbocycles. The first-order chi connectivity index (χ1) is 16.7. The number of aliphatic hydroxyl groups excluding tert-OH is 1. The quantitative estimate of drug-likeness (QED) is 0.432. The van der Waals surface area contributed by atoms with E-state index in [0.29, 0.717) is 31.4 Å². The molecule has 0 aromatic carbocycles. The summed E-state index contributed by atoms with van der Waals surface area (Å²) < 4.78 is 15.3. The summed E-state index contributed by atoms with van der Waals surface area (Å²) in [6.45, 7) is 1.55. The van der Waals surface area contributed by atoms with Crippen LogP contribution in [0.1, 0.15) is 11.1 Å². The number of pyridine rings is 1. The first-order valence-corrected chi connectivity index (χ1v) is 10.7. The lowest BCUT2D eigenvalue weighted by molar-refractivity contribution is 0.252. The van der Waals surface area contributed by atoms with Gasteiger partial charge in [-0.25, -0.2) is 29.9 Å². The van der Waals surface area contributed by atoms with Crippen molar-refractivity contribution in [2.45, 2.75) is 6.04 Å².